The van der Waals surface area contributed by atoms with Crippen LogP contribution in [0.5, 0.6) is 5.75 Å². The number of nitrogens with one attached hydrogen (secondary N) is 1. The standard InChI is InChI=1S/C28H22N2O2/c1-32-23-18-16-22(17-19-23)28(31)30-25-15-9-8-14-24(25)29-26(20-10-4-2-5-11-20)27(30)21-12-6-3-7-13-21/h2-19,29H,1H3. The third-order valence-corrected chi connectivity index (χ3v) is 5.51. The van der Waals surface area contributed by atoms with Crippen molar-refractivity contribution in [3.8, 4) is 5.75 Å². The van der Waals surface area contributed by atoms with E-state index < -0.39 is 0 Å². The number of rotatable bonds is 4. The Bertz CT molecular complexity index is 1280. The molecule has 0 saturated carbocycles. The lowest BCUT2D eigenvalue weighted by molar-refractivity contribution is 0.1000. The van der Waals surface area contributed by atoms with Crippen molar-refractivity contribution in [2.75, 3.05) is 17.3 Å². The summed E-state index contributed by atoms with van der Waals surface area (Å²) in [5, 5.41) is 3.58. The van der Waals surface area contributed by atoms with Crippen molar-refractivity contribution in [2.45, 2.75) is 0 Å². The van der Waals surface area contributed by atoms with Gasteiger partial charge in [-0.05, 0) is 36.4 Å². The number of carbonyl (C=O) groups excluding carboxylic acids is 1. The molecule has 1 N–H and O–H groups in total. The monoisotopic (exact) mass is 418 g/mol. The van der Waals surface area contributed by atoms with E-state index in [0.29, 0.717) is 11.3 Å². The molecule has 0 fully saturated rings. The van der Waals surface area contributed by atoms with Gasteiger partial charge in [-0.25, -0.2) is 0 Å². The number of hydrogen-bond donors (Lipinski definition) is 1. The number of ether oxygens (including phenoxy) is 1. The number of methoxy groups -OCH3 is 1. The fraction of sp³-hybridized carbons (Fsp3) is 0.0357. The van der Waals surface area contributed by atoms with Gasteiger partial charge in [-0.3, -0.25) is 9.69 Å². The van der Waals surface area contributed by atoms with Crippen LogP contribution >= 0.6 is 0 Å². The second-order valence-corrected chi connectivity index (χ2v) is 7.47. The van der Waals surface area contributed by atoms with Crippen LogP contribution in [-0.4, -0.2) is 13.0 Å². The van der Waals surface area contributed by atoms with Crippen molar-refractivity contribution in [3.05, 3.63) is 126 Å². The van der Waals surface area contributed by atoms with Gasteiger partial charge in [-0.1, -0.05) is 72.8 Å². The highest BCUT2D eigenvalue weighted by atomic mass is 16.5. The number of benzene rings is 4. The predicted molar refractivity (Wildman–Crippen MR) is 130 cm³/mol. The Morgan fingerprint density at radius 1 is 0.719 bits per heavy atom. The lowest BCUT2D eigenvalue weighted by Gasteiger charge is -2.35. The molecule has 1 heterocycles. The van der Waals surface area contributed by atoms with Crippen LogP contribution in [0.1, 0.15) is 21.5 Å². The van der Waals surface area contributed by atoms with Crippen LogP contribution in [0.3, 0.4) is 0 Å². The van der Waals surface area contributed by atoms with Gasteiger partial charge in [-0.15, -0.1) is 0 Å². The molecule has 1 aliphatic heterocycles. The van der Waals surface area contributed by atoms with E-state index >= 15 is 0 Å². The molecule has 4 nitrogen and oxygen atoms in total. The highest BCUT2D eigenvalue weighted by molar-refractivity contribution is 6.22. The minimum absolute atomic E-state index is 0.103. The predicted octanol–water partition coefficient (Wildman–Crippen LogP) is 6.29. The molecule has 0 aromatic heterocycles. The van der Waals surface area contributed by atoms with E-state index in [1.165, 1.54) is 0 Å². The molecular weight excluding hydrogens is 396 g/mol. The SMILES string of the molecule is COc1ccc(C(=O)N2C(c3ccccc3)=C(c3ccccc3)Nc3ccccc32)cc1. The first-order valence-corrected chi connectivity index (χ1v) is 10.5. The maximum absolute atomic E-state index is 13.9. The van der Waals surface area contributed by atoms with Gasteiger partial charge in [0.25, 0.3) is 5.91 Å². The van der Waals surface area contributed by atoms with Gasteiger partial charge in [0.2, 0.25) is 0 Å². The van der Waals surface area contributed by atoms with Crippen LogP contribution < -0.4 is 15.0 Å². The summed E-state index contributed by atoms with van der Waals surface area (Å²) in [4.78, 5) is 15.8. The molecule has 4 aromatic carbocycles. The third-order valence-electron chi connectivity index (χ3n) is 5.51. The van der Waals surface area contributed by atoms with Gasteiger partial charge in [0.05, 0.1) is 29.9 Å². The number of hydrogen-bond acceptors (Lipinski definition) is 3. The molecule has 0 spiro atoms. The Morgan fingerprint density at radius 3 is 1.97 bits per heavy atom. The lowest BCUT2D eigenvalue weighted by Crippen LogP contribution is -2.34. The van der Waals surface area contributed by atoms with Crippen LogP contribution in [-0.2, 0) is 0 Å². The first kappa shape index (κ1) is 19.6. The van der Waals surface area contributed by atoms with Gasteiger partial charge < -0.3 is 10.1 Å². The van der Waals surface area contributed by atoms with Gasteiger partial charge in [0, 0.05) is 16.7 Å². The Hall–Kier alpha value is -4.31. The van der Waals surface area contributed by atoms with Crippen molar-refractivity contribution >= 4 is 28.7 Å². The molecule has 0 bridgehead atoms. The van der Waals surface area contributed by atoms with Gasteiger partial charge in [0.15, 0.2) is 0 Å². The fourth-order valence-corrected chi connectivity index (χ4v) is 3.96. The Morgan fingerprint density at radius 2 is 1.31 bits per heavy atom. The average Bonchev–Trinajstić information content (AvgIpc) is 2.88. The summed E-state index contributed by atoms with van der Waals surface area (Å²) in [7, 11) is 1.62. The maximum atomic E-state index is 13.9. The molecule has 156 valence electrons. The van der Waals surface area contributed by atoms with Crippen molar-refractivity contribution in [2.24, 2.45) is 0 Å². The fourth-order valence-electron chi connectivity index (χ4n) is 3.96. The average molecular weight is 418 g/mol. The second kappa shape index (κ2) is 8.44. The summed E-state index contributed by atoms with van der Waals surface area (Å²) < 4.78 is 5.27. The van der Waals surface area contributed by atoms with Crippen LogP contribution in [0.25, 0.3) is 11.4 Å². The molecular formula is C28H22N2O2. The van der Waals surface area contributed by atoms with Gasteiger partial charge in [-0.2, -0.15) is 0 Å². The van der Waals surface area contributed by atoms with Crippen molar-refractivity contribution in [3.63, 3.8) is 0 Å². The molecule has 0 saturated heterocycles. The smallest absolute Gasteiger partial charge is 0.262 e. The summed E-state index contributed by atoms with van der Waals surface area (Å²) >= 11 is 0. The summed E-state index contributed by atoms with van der Waals surface area (Å²) in [5.41, 5.74) is 5.94. The van der Waals surface area contributed by atoms with Crippen molar-refractivity contribution in [1.29, 1.82) is 0 Å². The minimum Gasteiger partial charge on any atom is -0.497 e. The highest BCUT2D eigenvalue weighted by Gasteiger charge is 2.32. The zero-order valence-corrected chi connectivity index (χ0v) is 17.7. The maximum Gasteiger partial charge on any atom is 0.262 e. The summed E-state index contributed by atoms with van der Waals surface area (Å²) in [6.07, 6.45) is 0. The second-order valence-electron chi connectivity index (χ2n) is 7.47. The third kappa shape index (κ3) is 3.52. The topological polar surface area (TPSA) is 41.6 Å². The number of amides is 1. The largest absolute Gasteiger partial charge is 0.497 e. The quantitative estimate of drug-likeness (QED) is 0.423. The van der Waals surface area contributed by atoms with Crippen molar-refractivity contribution in [1.82, 2.24) is 0 Å². The van der Waals surface area contributed by atoms with E-state index in [1.807, 2.05) is 89.8 Å². The molecule has 0 unspecified atom stereocenters. The number of nitrogens with zero attached hydrogens (tertiary/aromatic N) is 1. The van der Waals surface area contributed by atoms with Crippen LogP contribution in [0.4, 0.5) is 11.4 Å². The Kier molecular flexibility index (Phi) is 5.18. The summed E-state index contributed by atoms with van der Waals surface area (Å²) in [6.45, 7) is 0. The molecule has 4 aromatic rings. The van der Waals surface area contributed by atoms with Crippen LogP contribution in [0.2, 0.25) is 0 Å². The molecule has 5 rings (SSSR count). The number of fused-ring (bicyclic) bond motifs is 1. The van der Waals surface area contributed by atoms with E-state index in [2.05, 4.69) is 17.4 Å². The molecule has 4 heteroatoms. The normalized spacial score (nSPS) is 12.7. The van der Waals surface area contributed by atoms with E-state index in [9.17, 15) is 4.79 Å². The highest BCUT2D eigenvalue weighted by Crippen LogP contribution is 2.43. The van der Waals surface area contributed by atoms with E-state index in [1.54, 1.807) is 19.2 Å². The Labute approximate surface area is 187 Å². The summed E-state index contributed by atoms with van der Waals surface area (Å²) in [5.74, 6) is 0.611. The molecule has 0 radical (unpaired) electrons. The molecule has 32 heavy (non-hydrogen) atoms. The molecule has 0 atom stereocenters. The first-order chi connectivity index (χ1) is 15.8. The lowest BCUT2D eigenvalue weighted by atomic mass is 9.98. The summed E-state index contributed by atoms with van der Waals surface area (Å²) in [6, 6.07) is 35.2. The minimum atomic E-state index is -0.103. The first-order valence-electron chi connectivity index (χ1n) is 10.5. The zero-order chi connectivity index (χ0) is 21.9. The zero-order valence-electron chi connectivity index (χ0n) is 17.7. The molecule has 1 amide bonds. The van der Waals surface area contributed by atoms with E-state index in [4.69, 9.17) is 4.74 Å². The van der Waals surface area contributed by atoms with Crippen LogP contribution in [0, 0.1) is 0 Å². The number of anilines is 2. The molecule has 0 aliphatic carbocycles. The van der Waals surface area contributed by atoms with Crippen molar-refractivity contribution < 1.29 is 9.53 Å². The van der Waals surface area contributed by atoms with Gasteiger partial charge >= 0.3 is 0 Å². The van der Waals surface area contributed by atoms with Crippen LogP contribution in [0.15, 0.2) is 109 Å². The number of carbonyl (C=O) groups is 1. The van der Waals surface area contributed by atoms with Gasteiger partial charge in [0.1, 0.15) is 5.75 Å². The molecule has 1 aliphatic rings. The number of para-hydroxylation sites is 2. The van der Waals surface area contributed by atoms with E-state index in [0.717, 1.165) is 33.9 Å². The Balaban J connectivity index is 1.75. The van der Waals surface area contributed by atoms with E-state index in [-0.39, 0.29) is 5.91 Å².